The van der Waals surface area contributed by atoms with Crippen LogP contribution in [0.4, 0.5) is 26.3 Å². The lowest BCUT2D eigenvalue weighted by molar-refractivity contribution is -0.139. The van der Waals surface area contributed by atoms with Gasteiger partial charge in [-0.25, -0.2) is 4.79 Å². The molecule has 0 amide bonds. The number of allylic oxidation sites excluding steroid dienone is 1. The fourth-order valence-corrected chi connectivity index (χ4v) is 1.68. The number of carbonyl (C=O) groups excluding carboxylic acids is 1. The topological polar surface area (TPSA) is 50.1 Å². The van der Waals surface area contributed by atoms with Crippen molar-refractivity contribution in [3.8, 4) is 6.07 Å². The van der Waals surface area contributed by atoms with Crippen LogP contribution < -0.4 is 0 Å². The molecule has 124 valence electrons. The Labute approximate surface area is 126 Å². The predicted molar refractivity (Wildman–Crippen MR) is 66.7 cm³/mol. The quantitative estimate of drug-likeness (QED) is 0.361. The van der Waals surface area contributed by atoms with Crippen molar-refractivity contribution in [1.29, 1.82) is 5.26 Å². The molecule has 0 aliphatic carbocycles. The lowest BCUT2D eigenvalue weighted by Crippen LogP contribution is -2.18. The molecule has 1 aromatic carbocycles. The van der Waals surface area contributed by atoms with E-state index in [0.29, 0.717) is 24.3 Å². The highest BCUT2D eigenvalue weighted by Crippen LogP contribution is 2.38. The summed E-state index contributed by atoms with van der Waals surface area (Å²) >= 11 is 0. The summed E-state index contributed by atoms with van der Waals surface area (Å²) in [5, 5.41) is 8.81. The zero-order chi connectivity index (χ0) is 17.8. The van der Waals surface area contributed by atoms with Gasteiger partial charge in [0.25, 0.3) is 0 Å². The van der Waals surface area contributed by atoms with Crippen LogP contribution in [0.2, 0.25) is 0 Å². The summed E-state index contributed by atoms with van der Waals surface area (Å²) in [6, 6.07) is 3.05. The number of hydrogen-bond donors (Lipinski definition) is 0. The molecule has 0 N–H and O–H groups in total. The van der Waals surface area contributed by atoms with Gasteiger partial charge in [-0.05, 0) is 24.6 Å². The minimum Gasteiger partial charge on any atom is -0.462 e. The lowest BCUT2D eigenvalue weighted by Gasteiger charge is -2.15. The van der Waals surface area contributed by atoms with Gasteiger partial charge in [0.15, 0.2) is 0 Å². The molecule has 0 radical (unpaired) electrons. The summed E-state index contributed by atoms with van der Waals surface area (Å²) in [5.74, 6) is -1.50. The highest BCUT2D eigenvalue weighted by Gasteiger charge is 2.40. The van der Waals surface area contributed by atoms with Crippen LogP contribution in [0.5, 0.6) is 0 Å². The number of alkyl halides is 6. The molecule has 0 atom stereocenters. The number of esters is 1. The first-order valence-electron chi connectivity index (χ1n) is 6.08. The second-order valence-corrected chi connectivity index (χ2v) is 4.16. The zero-order valence-electron chi connectivity index (χ0n) is 11.5. The van der Waals surface area contributed by atoms with E-state index in [-0.39, 0.29) is 6.61 Å². The largest absolute Gasteiger partial charge is 0.462 e. The zero-order valence-corrected chi connectivity index (χ0v) is 11.5. The molecular formula is C14H9F6NO2. The molecule has 0 aromatic heterocycles. The van der Waals surface area contributed by atoms with Crippen molar-refractivity contribution in [2.45, 2.75) is 19.3 Å². The minimum absolute atomic E-state index is 0.262. The van der Waals surface area contributed by atoms with Gasteiger partial charge in [0.05, 0.1) is 17.7 Å². The summed E-state index contributed by atoms with van der Waals surface area (Å²) in [6.45, 7) is 1.07. The number of carbonyl (C=O) groups is 1. The first-order valence-corrected chi connectivity index (χ1v) is 6.08. The standard InChI is InChI=1S/C14H9F6NO2/c1-2-23-12(22)10(7-21)11(14(18,19)20)8-3-5-9(6-4-8)13(15,16)17/h3-6H,2H2,1H3. The molecule has 0 aliphatic rings. The van der Waals surface area contributed by atoms with Crippen LogP contribution in [0.15, 0.2) is 29.8 Å². The van der Waals surface area contributed by atoms with Gasteiger partial charge in [0, 0.05) is 0 Å². The maximum absolute atomic E-state index is 13.1. The SMILES string of the molecule is CCOC(=O)C(C#N)=C(c1ccc(C(F)(F)F)cc1)C(F)(F)F. The monoisotopic (exact) mass is 337 g/mol. The number of halogens is 6. The molecule has 23 heavy (non-hydrogen) atoms. The van der Waals surface area contributed by atoms with Gasteiger partial charge in [-0.3, -0.25) is 0 Å². The van der Waals surface area contributed by atoms with Crippen molar-refractivity contribution < 1.29 is 35.9 Å². The molecule has 0 saturated carbocycles. The molecule has 1 aromatic rings. The Balaban J connectivity index is 3.50. The van der Waals surface area contributed by atoms with E-state index >= 15 is 0 Å². The number of rotatable bonds is 3. The summed E-state index contributed by atoms with van der Waals surface area (Å²) in [4.78, 5) is 11.5. The number of nitrogens with zero attached hydrogens (tertiary/aromatic N) is 1. The van der Waals surface area contributed by atoms with Crippen molar-refractivity contribution in [3.63, 3.8) is 0 Å². The second kappa shape index (κ2) is 6.73. The fourth-order valence-electron chi connectivity index (χ4n) is 1.68. The van der Waals surface area contributed by atoms with Gasteiger partial charge in [-0.1, -0.05) is 12.1 Å². The lowest BCUT2D eigenvalue weighted by atomic mass is 9.98. The maximum Gasteiger partial charge on any atom is 0.418 e. The fraction of sp³-hybridized carbons (Fsp3) is 0.286. The van der Waals surface area contributed by atoms with Gasteiger partial charge in [-0.2, -0.15) is 31.6 Å². The van der Waals surface area contributed by atoms with E-state index in [4.69, 9.17) is 5.26 Å². The van der Waals surface area contributed by atoms with Crippen LogP contribution in [0, 0.1) is 11.3 Å². The molecule has 1 rings (SSSR count). The van der Waals surface area contributed by atoms with Gasteiger partial charge in [0.1, 0.15) is 11.6 Å². The van der Waals surface area contributed by atoms with E-state index in [1.807, 2.05) is 0 Å². The van der Waals surface area contributed by atoms with Crippen LogP contribution in [0.1, 0.15) is 18.1 Å². The van der Waals surface area contributed by atoms with Crippen LogP contribution in [0.3, 0.4) is 0 Å². The Morgan fingerprint density at radius 1 is 1.13 bits per heavy atom. The molecule has 0 spiro atoms. The van der Waals surface area contributed by atoms with Crippen LogP contribution in [-0.4, -0.2) is 18.8 Å². The third kappa shape index (κ3) is 4.48. The van der Waals surface area contributed by atoms with Crippen molar-refractivity contribution in [2.75, 3.05) is 6.61 Å². The number of benzene rings is 1. The Morgan fingerprint density at radius 3 is 2.00 bits per heavy atom. The Hall–Kier alpha value is -2.50. The Morgan fingerprint density at radius 2 is 1.65 bits per heavy atom. The third-order valence-corrected chi connectivity index (χ3v) is 2.63. The van der Waals surface area contributed by atoms with Gasteiger partial charge < -0.3 is 4.74 Å². The average Bonchev–Trinajstić information content (AvgIpc) is 2.42. The summed E-state index contributed by atoms with van der Waals surface area (Å²) in [5.41, 5.74) is -4.86. The van der Waals surface area contributed by atoms with Crippen molar-refractivity contribution >= 4 is 11.5 Å². The highest BCUT2D eigenvalue weighted by molar-refractivity contribution is 6.02. The van der Waals surface area contributed by atoms with Crippen molar-refractivity contribution in [1.82, 2.24) is 0 Å². The highest BCUT2D eigenvalue weighted by atomic mass is 19.4. The van der Waals surface area contributed by atoms with E-state index in [2.05, 4.69) is 4.74 Å². The van der Waals surface area contributed by atoms with Crippen molar-refractivity contribution in [2.24, 2.45) is 0 Å². The van der Waals surface area contributed by atoms with E-state index in [1.54, 1.807) is 0 Å². The molecule has 0 heterocycles. The number of nitriles is 1. The van der Waals surface area contributed by atoms with Gasteiger partial charge in [0.2, 0.25) is 0 Å². The first kappa shape index (κ1) is 18.5. The van der Waals surface area contributed by atoms with Gasteiger partial charge in [-0.15, -0.1) is 0 Å². The van der Waals surface area contributed by atoms with Crippen LogP contribution in [-0.2, 0) is 15.7 Å². The molecule has 0 unspecified atom stereocenters. The first-order chi connectivity index (χ1) is 10.5. The predicted octanol–water partition coefficient (Wildman–Crippen LogP) is 4.11. The molecule has 0 bridgehead atoms. The summed E-state index contributed by atoms with van der Waals surface area (Å²) in [7, 11) is 0. The van der Waals surface area contributed by atoms with Crippen LogP contribution in [0.25, 0.3) is 5.57 Å². The molecule has 3 nitrogen and oxygen atoms in total. The maximum atomic E-state index is 13.1. The molecule has 0 saturated heterocycles. The Bertz CT molecular complexity index is 650. The van der Waals surface area contributed by atoms with Crippen molar-refractivity contribution in [3.05, 3.63) is 41.0 Å². The van der Waals surface area contributed by atoms with E-state index in [0.717, 1.165) is 6.07 Å². The number of hydrogen-bond acceptors (Lipinski definition) is 3. The number of ether oxygens (including phenoxy) is 1. The van der Waals surface area contributed by atoms with Gasteiger partial charge >= 0.3 is 18.3 Å². The molecular weight excluding hydrogens is 328 g/mol. The molecule has 0 aliphatic heterocycles. The third-order valence-electron chi connectivity index (χ3n) is 2.63. The summed E-state index contributed by atoms with van der Waals surface area (Å²) in [6.07, 6.45) is -9.85. The normalized spacial score (nSPS) is 13.1. The van der Waals surface area contributed by atoms with E-state index in [9.17, 15) is 31.1 Å². The molecule has 9 heteroatoms. The summed E-state index contributed by atoms with van der Waals surface area (Å²) < 4.78 is 81.1. The Kier molecular flexibility index (Phi) is 5.42. The van der Waals surface area contributed by atoms with E-state index < -0.39 is 40.6 Å². The minimum atomic E-state index is -5.13. The second-order valence-electron chi connectivity index (χ2n) is 4.16. The van der Waals surface area contributed by atoms with E-state index in [1.165, 1.54) is 6.92 Å². The van der Waals surface area contributed by atoms with Crippen LogP contribution >= 0.6 is 0 Å². The average molecular weight is 337 g/mol. The smallest absolute Gasteiger partial charge is 0.418 e. The molecule has 0 fully saturated rings.